The van der Waals surface area contributed by atoms with Gasteiger partial charge in [-0.2, -0.15) is 0 Å². The van der Waals surface area contributed by atoms with Gasteiger partial charge in [-0.05, 0) is 12.8 Å². The molecule has 0 saturated carbocycles. The smallest absolute Gasteiger partial charge is 0.360 e. The van der Waals surface area contributed by atoms with Gasteiger partial charge in [0, 0.05) is 0 Å². The Labute approximate surface area is 122 Å². The van der Waals surface area contributed by atoms with Crippen molar-refractivity contribution >= 4 is 12.3 Å². The molecule has 0 aromatic carbocycles. The molecule has 1 unspecified atom stereocenters. The van der Waals surface area contributed by atoms with Crippen LogP contribution in [-0.4, -0.2) is 35.0 Å². The Morgan fingerprint density at radius 3 is 2.15 bits per heavy atom. The van der Waals surface area contributed by atoms with Crippen LogP contribution in [0, 0.1) is 0 Å². The summed E-state index contributed by atoms with van der Waals surface area (Å²) >= 11 is 0. The highest BCUT2D eigenvalue weighted by Crippen LogP contribution is 2.15. The lowest BCUT2D eigenvalue weighted by Crippen LogP contribution is -2.44. The SMILES string of the molecule is CCCCCCCCCCC[N+]1(CC(=O)O)C=CN=C1. The molecule has 0 amide bonds. The Morgan fingerprint density at radius 1 is 1.05 bits per heavy atom. The minimum absolute atomic E-state index is 0.108. The largest absolute Gasteiger partial charge is 0.477 e. The van der Waals surface area contributed by atoms with Crippen LogP contribution in [0.15, 0.2) is 17.4 Å². The number of carboxylic acids is 1. The normalized spacial score (nSPS) is 20.6. The molecular formula is C16H29N2O2+. The van der Waals surface area contributed by atoms with Crippen molar-refractivity contribution in [2.24, 2.45) is 4.99 Å². The van der Waals surface area contributed by atoms with E-state index in [1.165, 1.54) is 51.4 Å². The first-order valence-corrected chi connectivity index (χ1v) is 7.99. The van der Waals surface area contributed by atoms with Crippen LogP contribution in [0.4, 0.5) is 0 Å². The second-order valence-corrected chi connectivity index (χ2v) is 5.77. The zero-order valence-electron chi connectivity index (χ0n) is 12.8. The lowest BCUT2D eigenvalue weighted by Gasteiger charge is -2.25. The van der Waals surface area contributed by atoms with Crippen molar-refractivity contribution < 1.29 is 14.4 Å². The number of rotatable bonds is 12. The first-order valence-electron chi connectivity index (χ1n) is 7.99. The number of carbonyl (C=O) groups is 1. The van der Waals surface area contributed by atoms with Crippen LogP contribution in [0.2, 0.25) is 0 Å². The monoisotopic (exact) mass is 281 g/mol. The summed E-state index contributed by atoms with van der Waals surface area (Å²) in [5.74, 6) is -0.765. The Morgan fingerprint density at radius 2 is 1.65 bits per heavy atom. The number of nitrogens with zero attached hydrogens (tertiary/aromatic N) is 2. The third-order valence-electron chi connectivity index (χ3n) is 3.85. The lowest BCUT2D eigenvalue weighted by atomic mass is 10.1. The Hall–Kier alpha value is -1.16. The number of aliphatic carboxylic acids is 1. The summed E-state index contributed by atoms with van der Waals surface area (Å²) in [6.07, 6.45) is 16.9. The van der Waals surface area contributed by atoms with Crippen molar-refractivity contribution in [3.05, 3.63) is 12.4 Å². The molecule has 0 aromatic rings. The minimum Gasteiger partial charge on any atom is -0.477 e. The summed E-state index contributed by atoms with van der Waals surface area (Å²) in [7, 11) is 0. The molecule has 0 saturated heterocycles. The third-order valence-corrected chi connectivity index (χ3v) is 3.85. The predicted octanol–water partition coefficient (Wildman–Crippen LogP) is 3.93. The molecule has 0 fully saturated rings. The number of aliphatic imine (C=N–C) groups is 1. The van der Waals surface area contributed by atoms with Gasteiger partial charge in [0.15, 0.2) is 12.9 Å². The first kappa shape index (κ1) is 16.9. The fraction of sp³-hybridized carbons (Fsp3) is 0.750. The van der Waals surface area contributed by atoms with E-state index >= 15 is 0 Å². The van der Waals surface area contributed by atoms with Crippen molar-refractivity contribution in [1.29, 1.82) is 0 Å². The molecule has 1 N–H and O–H groups in total. The molecule has 4 nitrogen and oxygen atoms in total. The van der Waals surface area contributed by atoms with Gasteiger partial charge >= 0.3 is 5.97 Å². The van der Waals surface area contributed by atoms with Crippen LogP contribution < -0.4 is 0 Å². The quantitative estimate of drug-likeness (QED) is 0.435. The topological polar surface area (TPSA) is 49.7 Å². The van der Waals surface area contributed by atoms with E-state index < -0.39 is 5.97 Å². The molecular weight excluding hydrogens is 252 g/mol. The first-order chi connectivity index (χ1) is 9.68. The molecule has 20 heavy (non-hydrogen) atoms. The predicted molar refractivity (Wildman–Crippen MR) is 82.5 cm³/mol. The van der Waals surface area contributed by atoms with Crippen molar-refractivity contribution in [2.45, 2.75) is 64.7 Å². The fourth-order valence-corrected chi connectivity index (χ4v) is 2.65. The zero-order valence-corrected chi connectivity index (χ0v) is 12.8. The lowest BCUT2D eigenvalue weighted by molar-refractivity contribution is -0.771. The van der Waals surface area contributed by atoms with Crippen molar-refractivity contribution in [3.8, 4) is 0 Å². The molecule has 0 radical (unpaired) electrons. The van der Waals surface area contributed by atoms with E-state index in [4.69, 9.17) is 5.11 Å². The Kier molecular flexibility index (Phi) is 8.19. The van der Waals surface area contributed by atoms with Crippen LogP contribution in [0.1, 0.15) is 64.7 Å². The maximum Gasteiger partial charge on any atom is 0.360 e. The molecule has 1 heterocycles. The number of unbranched alkanes of at least 4 members (excludes halogenated alkanes) is 8. The maximum atomic E-state index is 10.9. The standard InChI is InChI=1S/C16H28N2O2/c1-2-3-4-5-6-7-8-9-10-12-18(14-16(19)20)13-11-17-15-18/h11,13,15H,2-10,12,14H2,1H3/p+1. The Balaban J connectivity index is 2.06. The molecule has 0 aliphatic carbocycles. The van der Waals surface area contributed by atoms with Gasteiger partial charge in [0.25, 0.3) is 0 Å². The van der Waals surface area contributed by atoms with Crippen molar-refractivity contribution in [2.75, 3.05) is 13.1 Å². The zero-order chi connectivity index (χ0) is 14.7. The van der Waals surface area contributed by atoms with Gasteiger partial charge in [-0.25, -0.2) is 14.3 Å². The molecule has 4 heteroatoms. The van der Waals surface area contributed by atoms with Gasteiger partial charge in [-0.3, -0.25) is 0 Å². The molecule has 1 aliphatic heterocycles. The van der Waals surface area contributed by atoms with E-state index in [9.17, 15) is 4.79 Å². The van der Waals surface area contributed by atoms with Crippen LogP contribution in [0.5, 0.6) is 0 Å². The summed E-state index contributed by atoms with van der Waals surface area (Å²) < 4.78 is 0.381. The number of hydrogen-bond acceptors (Lipinski definition) is 2. The van der Waals surface area contributed by atoms with Gasteiger partial charge in [0.2, 0.25) is 0 Å². The van der Waals surface area contributed by atoms with E-state index in [1.54, 1.807) is 12.5 Å². The van der Waals surface area contributed by atoms with Crippen LogP contribution in [0.25, 0.3) is 0 Å². The van der Waals surface area contributed by atoms with Gasteiger partial charge in [-0.1, -0.05) is 51.9 Å². The van der Waals surface area contributed by atoms with Crippen LogP contribution >= 0.6 is 0 Å². The van der Waals surface area contributed by atoms with E-state index in [0.29, 0.717) is 4.48 Å². The molecule has 0 aromatic heterocycles. The summed E-state index contributed by atoms with van der Waals surface area (Å²) in [5, 5.41) is 8.97. The molecule has 0 spiro atoms. The minimum atomic E-state index is -0.765. The highest BCUT2D eigenvalue weighted by molar-refractivity contribution is 5.70. The molecule has 1 aliphatic rings. The highest BCUT2D eigenvalue weighted by Gasteiger charge is 2.28. The molecule has 0 bridgehead atoms. The third kappa shape index (κ3) is 6.85. The Bertz CT molecular complexity index is 325. The summed E-state index contributed by atoms with van der Waals surface area (Å²) in [4.78, 5) is 15.0. The highest BCUT2D eigenvalue weighted by atomic mass is 16.4. The number of carboxylic acid groups (broad SMARTS) is 1. The van der Waals surface area contributed by atoms with E-state index in [1.807, 2.05) is 6.20 Å². The number of hydrogen-bond donors (Lipinski definition) is 1. The maximum absolute atomic E-state index is 10.9. The van der Waals surface area contributed by atoms with Gasteiger partial charge in [0.05, 0.1) is 12.7 Å². The van der Waals surface area contributed by atoms with E-state index in [-0.39, 0.29) is 6.54 Å². The average Bonchev–Trinajstić information content (AvgIpc) is 2.85. The summed E-state index contributed by atoms with van der Waals surface area (Å²) in [5.41, 5.74) is 0. The van der Waals surface area contributed by atoms with E-state index in [0.717, 1.165) is 13.0 Å². The average molecular weight is 281 g/mol. The molecule has 1 atom stereocenters. The van der Waals surface area contributed by atoms with Gasteiger partial charge in [0.1, 0.15) is 6.20 Å². The molecule has 114 valence electrons. The van der Waals surface area contributed by atoms with Crippen LogP contribution in [-0.2, 0) is 4.79 Å². The molecule has 1 rings (SSSR count). The van der Waals surface area contributed by atoms with Crippen molar-refractivity contribution in [1.82, 2.24) is 0 Å². The summed E-state index contributed by atoms with van der Waals surface area (Å²) in [6.45, 7) is 3.20. The van der Waals surface area contributed by atoms with E-state index in [2.05, 4.69) is 11.9 Å². The van der Waals surface area contributed by atoms with Gasteiger partial charge < -0.3 is 5.11 Å². The number of quaternary nitrogens is 1. The summed E-state index contributed by atoms with van der Waals surface area (Å²) in [6, 6.07) is 0. The van der Waals surface area contributed by atoms with Crippen LogP contribution in [0.3, 0.4) is 0 Å². The second kappa shape index (κ2) is 9.70. The van der Waals surface area contributed by atoms with Gasteiger partial charge in [-0.15, -0.1) is 0 Å². The fourth-order valence-electron chi connectivity index (χ4n) is 2.65. The second-order valence-electron chi connectivity index (χ2n) is 5.77. The van der Waals surface area contributed by atoms with Crippen molar-refractivity contribution in [3.63, 3.8) is 0 Å².